The van der Waals surface area contributed by atoms with Crippen LogP contribution in [0, 0.1) is 5.95 Å². The Morgan fingerprint density at radius 1 is 0.336 bits per heavy atom. The minimum Gasteiger partial charge on any atom is -0.384 e. The zero-order valence-electron chi connectivity index (χ0n) is 73.0. The van der Waals surface area contributed by atoms with Gasteiger partial charge in [0.1, 0.15) is 46.5 Å². The molecule has 0 radical (unpaired) electrons. The van der Waals surface area contributed by atoms with Crippen molar-refractivity contribution in [2.24, 2.45) is 0 Å². The minimum atomic E-state index is -0.569. The number of nitrogen functional groups attached to an aromatic ring is 4. The number of hydrogen-bond acceptors (Lipinski definition) is 35. The summed E-state index contributed by atoms with van der Waals surface area (Å²) in [4.78, 5) is 93.6. The highest BCUT2D eigenvalue weighted by molar-refractivity contribution is 5.74. The van der Waals surface area contributed by atoms with Crippen molar-refractivity contribution in [2.75, 3.05) is 247 Å². The monoisotopic (exact) mass is 1730 g/mol. The molecule has 0 spiro atoms. The van der Waals surface area contributed by atoms with E-state index in [1.807, 2.05) is 72.0 Å². The first kappa shape index (κ1) is 88.2. The lowest BCUT2D eigenvalue weighted by Gasteiger charge is -2.37. The molecular weight excluding hydrogens is 1620 g/mol. The SMILES string of the molecule is CC(C)N1CCN(c2ccc(-c3cc(-c4ccc(N)nc4)nc(N4CCOCC4)n3)cn2)CC1.CC(C)N1CCN(c2ccc(Nc3cc(-c4ccc(N)nc4)nc(N4CCOCC4)n3)cn2)CC1.Nc1ccc(-c2cc(-c3ccc(NCCN4CCCC4)nc3)nc(N3CCOCC3)n2)cn1.Nc1ccc(-c2cc(-c3cccnc3F)nc(N3CCOCC3)n2)cn1. The molecule has 12 aromatic rings. The van der Waals surface area contributed by atoms with E-state index in [2.05, 4.69) is 148 Å². The lowest BCUT2D eigenvalue weighted by molar-refractivity contribution is 0.122. The maximum atomic E-state index is 14.2. The number of halogens is 1. The molecule has 0 saturated carbocycles. The van der Waals surface area contributed by atoms with Crippen molar-refractivity contribution in [2.45, 2.75) is 52.6 Å². The summed E-state index contributed by atoms with van der Waals surface area (Å²) in [5.74, 6) is 7.48. The molecule has 10 N–H and O–H groups in total. The number of nitrogens with two attached hydrogens (primary N) is 4. The summed E-state index contributed by atoms with van der Waals surface area (Å²) in [6, 6.07) is 39.2. The number of aromatic nitrogens is 16. The summed E-state index contributed by atoms with van der Waals surface area (Å²) < 4.78 is 36.1. The molecule has 7 aliphatic rings. The van der Waals surface area contributed by atoms with Crippen molar-refractivity contribution >= 4 is 76.0 Å². The fourth-order valence-corrected chi connectivity index (χ4v) is 15.7. The van der Waals surface area contributed by atoms with Crippen LogP contribution in [0.1, 0.15) is 40.5 Å². The smallest absolute Gasteiger partial charge is 0.228 e. The lowest BCUT2D eigenvalue weighted by Crippen LogP contribution is -2.49. The van der Waals surface area contributed by atoms with Crippen molar-refractivity contribution in [1.29, 1.82) is 0 Å². The van der Waals surface area contributed by atoms with Crippen LogP contribution in [-0.4, -0.2) is 290 Å². The molecule has 35 nitrogen and oxygen atoms in total. The fourth-order valence-electron chi connectivity index (χ4n) is 15.7. The third-order valence-corrected chi connectivity index (χ3v) is 23.2. The Balaban J connectivity index is 0.000000126. The number of pyridine rings is 8. The number of anilines is 13. The third kappa shape index (κ3) is 23.5. The molecule has 0 bridgehead atoms. The molecule has 0 aliphatic carbocycles. The molecule has 0 aromatic carbocycles. The summed E-state index contributed by atoms with van der Waals surface area (Å²) in [5.41, 5.74) is 34.8. The van der Waals surface area contributed by atoms with Gasteiger partial charge in [-0.15, -0.1) is 0 Å². The predicted octanol–water partition coefficient (Wildman–Crippen LogP) is 9.86. The van der Waals surface area contributed by atoms with Gasteiger partial charge in [0.25, 0.3) is 0 Å². The summed E-state index contributed by atoms with van der Waals surface area (Å²) in [5, 5.41) is 6.84. The first-order valence-electron chi connectivity index (χ1n) is 44.0. The summed E-state index contributed by atoms with van der Waals surface area (Å²) >= 11 is 0. The quantitative estimate of drug-likeness (QED) is 0.0364. The Labute approximate surface area is 745 Å². The van der Waals surface area contributed by atoms with Crippen molar-refractivity contribution in [1.82, 2.24) is 94.4 Å². The largest absolute Gasteiger partial charge is 0.384 e. The first-order valence-corrected chi connectivity index (χ1v) is 44.0. The highest BCUT2D eigenvalue weighted by atomic mass is 19.1. The maximum Gasteiger partial charge on any atom is 0.228 e. The average Bonchev–Trinajstić information content (AvgIpc) is 1.38. The van der Waals surface area contributed by atoms with E-state index in [1.54, 1.807) is 67.3 Å². The number of likely N-dealkylation sites (tertiary alicyclic amines) is 1. The number of piperazine rings is 2. The standard InChI is InChI=1S/C25H33N9O.C25H32N8O.C24H30N8O.C18H17FN6O/c1-18(2)32-7-9-33(10-8-32)24-6-4-20(17-28-24)29-23-15-21(19-3-5-22(26)27-16-19)30-25(31-23)34-11-13-35-14-12-34;1-18(2)31-7-9-32(10-8-31)24-6-4-20(17-28-24)22-15-21(19-3-5-23(26)27-16-19)29-25(30-22)33-11-13-34-14-12-33;25-22-5-3-18(16-27-22)20-15-21(30-24(29-20)32-11-13-33-14-12-32)19-4-6-23(28-17-19)26-7-10-31-8-1-2-9-31;19-17-13(2-1-5-21-17)15-10-14(12-3-4-16(20)22-11-12)23-18(24-15)25-6-8-26-9-7-25/h3-6,15-18H,7-14H2,1-2H3,(H2,26,27)(H,29,30,31);3-6,15-18H,7-14H2,1-2H3,(H2,26,27);3-6,15-17H,1-2,7-14H2,(H2,25,27)(H,26,28);1-5,10-11H,6-9H2,(H2,20,22). The minimum absolute atomic E-state index is 0.328. The van der Waals surface area contributed by atoms with Crippen LogP contribution in [0.4, 0.5) is 80.4 Å². The van der Waals surface area contributed by atoms with Crippen LogP contribution in [-0.2, 0) is 18.9 Å². The Hall–Kier alpha value is -13.2. The predicted molar refractivity (Wildman–Crippen MR) is 500 cm³/mol. The Morgan fingerprint density at radius 2 is 0.688 bits per heavy atom. The van der Waals surface area contributed by atoms with Crippen LogP contribution >= 0.6 is 0 Å². The van der Waals surface area contributed by atoms with E-state index in [9.17, 15) is 4.39 Å². The van der Waals surface area contributed by atoms with Gasteiger partial charge in [0.15, 0.2) is 0 Å². The normalized spacial score (nSPS) is 16.6. The van der Waals surface area contributed by atoms with Crippen molar-refractivity contribution in [3.05, 3.63) is 177 Å². The molecular formula is C92H112FN31O4. The number of morpholine rings is 4. The van der Waals surface area contributed by atoms with Crippen LogP contribution in [0.5, 0.6) is 0 Å². The van der Waals surface area contributed by atoms with Crippen LogP contribution in [0.3, 0.4) is 0 Å². The molecule has 0 amide bonds. The fraction of sp³-hybridized carbons (Fsp3) is 0.391. The van der Waals surface area contributed by atoms with E-state index in [1.165, 1.54) is 32.1 Å². The zero-order valence-corrected chi connectivity index (χ0v) is 73.0. The third-order valence-electron chi connectivity index (χ3n) is 23.2. The Kier molecular flexibility index (Phi) is 29.5. The molecule has 7 saturated heterocycles. The van der Waals surface area contributed by atoms with Crippen LogP contribution < -0.4 is 63.0 Å². The number of hydrogen-bond donors (Lipinski definition) is 6. The van der Waals surface area contributed by atoms with Crippen molar-refractivity contribution < 1.29 is 23.3 Å². The van der Waals surface area contributed by atoms with Gasteiger partial charge in [-0.05, 0) is 169 Å². The number of nitrogens with one attached hydrogen (secondary N) is 2. The number of ether oxygens (including phenoxy) is 4. The second kappa shape index (κ2) is 42.8. The average molecular weight is 1740 g/mol. The first-order chi connectivity index (χ1) is 62.6. The number of nitrogens with zero attached hydrogens (tertiary/aromatic N) is 25. The van der Waals surface area contributed by atoms with E-state index in [4.69, 9.17) is 81.8 Å². The van der Waals surface area contributed by atoms with Gasteiger partial charge in [0.05, 0.1) is 110 Å². The van der Waals surface area contributed by atoms with Crippen molar-refractivity contribution in [3.63, 3.8) is 0 Å². The van der Waals surface area contributed by atoms with Crippen molar-refractivity contribution in [3.8, 4) is 78.8 Å². The zero-order chi connectivity index (χ0) is 88.1. The molecule has 36 heteroatoms. The lowest BCUT2D eigenvalue weighted by atomic mass is 10.1. The molecule has 7 aliphatic heterocycles. The topological polar surface area (TPSA) is 400 Å². The van der Waals surface area contributed by atoms with Crippen LogP contribution in [0.15, 0.2) is 171 Å². The van der Waals surface area contributed by atoms with Crippen LogP contribution in [0.2, 0.25) is 0 Å². The Bertz CT molecular complexity index is 5520. The molecule has 19 heterocycles. The molecule has 0 atom stereocenters. The molecule has 666 valence electrons. The highest BCUT2D eigenvalue weighted by Crippen LogP contribution is 2.34. The van der Waals surface area contributed by atoms with E-state index in [-0.39, 0.29) is 0 Å². The maximum absolute atomic E-state index is 14.2. The highest BCUT2D eigenvalue weighted by Gasteiger charge is 2.27. The molecule has 7 fully saturated rings. The summed E-state index contributed by atoms with van der Waals surface area (Å²) in [6.07, 6.45) is 16.6. The van der Waals surface area contributed by atoms with E-state index < -0.39 is 5.95 Å². The van der Waals surface area contributed by atoms with E-state index >= 15 is 0 Å². The summed E-state index contributed by atoms with van der Waals surface area (Å²) in [6.45, 7) is 32.8. The molecule has 19 rings (SSSR count). The second-order valence-electron chi connectivity index (χ2n) is 32.5. The second-order valence-corrected chi connectivity index (χ2v) is 32.5. The molecule has 128 heavy (non-hydrogen) atoms. The van der Waals surface area contributed by atoms with Gasteiger partial charge in [-0.25, -0.2) is 74.8 Å². The van der Waals surface area contributed by atoms with Gasteiger partial charge in [-0.3, -0.25) is 9.80 Å². The molecule has 0 unspecified atom stereocenters. The van der Waals surface area contributed by atoms with Gasteiger partial charge in [0.2, 0.25) is 29.7 Å². The van der Waals surface area contributed by atoms with Gasteiger partial charge in [0, 0.05) is 213 Å². The molecule has 12 aromatic heterocycles. The van der Waals surface area contributed by atoms with Gasteiger partial charge >= 0.3 is 0 Å². The van der Waals surface area contributed by atoms with E-state index in [0.29, 0.717) is 148 Å². The van der Waals surface area contributed by atoms with Gasteiger partial charge < -0.3 is 86.8 Å². The number of rotatable bonds is 21. The van der Waals surface area contributed by atoms with Crippen LogP contribution in [0.25, 0.3) is 78.8 Å². The van der Waals surface area contributed by atoms with E-state index in [0.717, 1.165) is 190 Å². The van der Waals surface area contributed by atoms with Gasteiger partial charge in [-0.1, -0.05) is 0 Å². The van der Waals surface area contributed by atoms with Gasteiger partial charge in [-0.2, -0.15) is 9.37 Å². The Morgan fingerprint density at radius 3 is 1.04 bits per heavy atom. The summed E-state index contributed by atoms with van der Waals surface area (Å²) in [7, 11) is 0.